The molecule has 19 heavy (non-hydrogen) atoms. The van der Waals surface area contributed by atoms with E-state index in [2.05, 4.69) is 10.6 Å². The number of amides is 1. The molecule has 0 saturated carbocycles. The van der Waals surface area contributed by atoms with Crippen molar-refractivity contribution in [1.29, 1.82) is 0 Å². The lowest BCUT2D eigenvalue weighted by Crippen LogP contribution is -2.40. The van der Waals surface area contributed by atoms with Crippen molar-refractivity contribution in [2.24, 2.45) is 0 Å². The minimum atomic E-state index is -0.161. The molecule has 0 aliphatic carbocycles. The summed E-state index contributed by atoms with van der Waals surface area (Å²) in [6, 6.07) is 4.82. The van der Waals surface area contributed by atoms with Gasteiger partial charge in [-0.05, 0) is 37.6 Å². The van der Waals surface area contributed by atoms with Crippen molar-refractivity contribution < 1.29 is 14.6 Å². The largest absolute Gasteiger partial charge is 0.504 e. The first-order chi connectivity index (χ1) is 9.20. The number of phenolic OH excluding ortho intramolecular Hbond substituents is 1. The maximum Gasteiger partial charge on any atom is 0.251 e. The van der Waals surface area contributed by atoms with Gasteiger partial charge in [-0.2, -0.15) is 0 Å². The summed E-state index contributed by atoms with van der Waals surface area (Å²) in [7, 11) is 1.48. The van der Waals surface area contributed by atoms with E-state index in [9.17, 15) is 9.90 Å². The molecule has 1 fully saturated rings. The molecular weight excluding hydrogens is 244 g/mol. The number of aromatic hydroxyl groups is 1. The Kier molecular flexibility index (Phi) is 4.63. The molecule has 0 aromatic heterocycles. The average Bonchev–Trinajstić information content (AvgIpc) is 2.67. The molecule has 5 nitrogen and oxygen atoms in total. The summed E-state index contributed by atoms with van der Waals surface area (Å²) >= 11 is 0. The molecule has 5 heteroatoms. The van der Waals surface area contributed by atoms with Crippen molar-refractivity contribution in [2.75, 3.05) is 20.2 Å². The van der Waals surface area contributed by atoms with E-state index in [0.717, 1.165) is 32.4 Å². The summed E-state index contributed by atoms with van der Waals surface area (Å²) in [5.41, 5.74) is 0.447. The molecule has 1 saturated heterocycles. The molecule has 1 aliphatic heterocycles. The molecule has 0 bridgehead atoms. The molecule has 1 heterocycles. The van der Waals surface area contributed by atoms with Crippen LogP contribution in [0.4, 0.5) is 0 Å². The smallest absolute Gasteiger partial charge is 0.251 e. The summed E-state index contributed by atoms with van der Waals surface area (Å²) in [5.74, 6) is 0.188. The van der Waals surface area contributed by atoms with Crippen LogP contribution in [0.5, 0.6) is 11.5 Å². The summed E-state index contributed by atoms with van der Waals surface area (Å²) in [4.78, 5) is 12.1. The van der Waals surface area contributed by atoms with Gasteiger partial charge in [-0.1, -0.05) is 6.42 Å². The van der Waals surface area contributed by atoms with Crippen LogP contribution < -0.4 is 15.4 Å². The van der Waals surface area contributed by atoms with Crippen LogP contribution in [0.3, 0.4) is 0 Å². The van der Waals surface area contributed by atoms with E-state index in [0.29, 0.717) is 11.3 Å². The third kappa shape index (κ3) is 3.61. The van der Waals surface area contributed by atoms with Gasteiger partial charge in [0.05, 0.1) is 7.11 Å². The van der Waals surface area contributed by atoms with Gasteiger partial charge >= 0.3 is 0 Å². The lowest BCUT2D eigenvalue weighted by molar-refractivity contribution is 0.0935. The summed E-state index contributed by atoms with van der Waals surface area (Å²) in [6.45, 7) is 1.81. The van der Waals surface area contributed by atoms with Gasteiger partial charge in [0.2, 0.25) is 0 Å². The van der Waals surface area contributed by atoms with Crippen LogP contribution in [0.15, 0.2) is 18.2 Å². The standard InChI is InChI=1S/C14H20N2O3/c1-19-13-6-5-10(8-12(13)17)14(18)16-11-4-2-3-7-15-9-11/h5-6,8,11,15,17H,2-4,7,9H2,1H3,(H,16,18). The number of methoxy groups -OCH3 is 1. The van der Waals surface area contributed by atoms with E-state index < -0.39 is 0 Å². The number of phenols is 1. The van der Waals surface area contributed by atoms with Crippen molar-refractivity contribution >= 4 is 5.91 Å². The lowest BCUT2D eigenvalue weighted by atomic mass is 10.1. The van der Waals surface area contributed by atoms with Crippen molar-refractivity contribution in [3.05, 3.63) is 23.8 Å². The monoisotopic (exact) mass is 264 g/mol. The Balaban J connectivity index is 2.00. The molecule has 1 unspecified atom stereocenters. The zero-order valence-corrected chi connectivity index (χ0v) is 11.1. The number of nitrogens with one attached hydrogen (secondary N) is 2. The van der Waals surface area contributed by atoms with Crippen LogP contribution in [-0.4, -0.2) is 37.3 Å². The van der Waals surface area contributed by atoms with Crippen molar-refractivity contribution in [2.45, 2.75) is 25.3 Å². The summed E-state index contributed by atoms with van der Waals surface area (Å²) in [6.07, 6.45) is 3.25. The van der Waals surface area contributed by atoms with E-state index in [1.807, 2.05) is 0 Å². The topological polar surface area (TPSA) is 70.6 Å². The van der Waals surface area contributed by atoms with Gasteiger partial charge in [-0.25, -0.2) is 0 Å². The van der Waals surface area contributed by atoms with Gasteiger partial charge < -0.3 is 20.5 Å². The number of hydrogen-bond acceptors (Lipinski definition) is 4. The molecule has 2 rings (SSSR count). The fraction of sp³-hybridized carbons (Fsp3) is 0.500. The van der Waals surface area contributed by atoms with Crippen molar-refractivity contribution in [3.63, 3.8) is 0 Å². The molecule has 1 aromatic carbocycles. The first kappa shape index (κ1) is 13.7. The summed E-state index contributed by atoms with van der Waals surface area (Å²) in [5, 5.41) is 16.0. The van der Waals surface area contributed by atoms with Gasteiger partial charge in [0.15, 0.2) is 11.5 Å². The Morgan fingerprint density at radius 2 is 2.32 bits per heavy atom. The van der Waals surface area contributed by atoms with Gasteiger partial charge in [0.1, 0.15) is 0 Å². The zero-order chi connectivity index (χ0) is 13.7. The van der Waals surface area contributed by atoms with Gasteiger partial charge in [-0.15, -0.1) is 0 Å². The third-order valence-corrected chi connectivity index (χ3v) is 3.32. The number of ether oxygens (including phenoxy) is 1. The predicted octanol–water partition coefficient (Wildman–Crippen LogP) is 1.27. The molecule has 104 valence electrons. The molecule has 1 aliphatic rings. The highest BCUT2D eigenvalue weighted by molar-refractivity contribution is 5.95. The Morgan fingerprint density at radius 3 is 3.05 bits per heavy atom. The van der Waals surface area contributed by atoms with Crippen LogP contribution in [0.2, 0.25) is 0 Å². The van der Waals surface area contributed by atoms with Crippen LogP contribution in [0.25, 0.3) is 0 Å². The highest BCUT2D eigenvalue weighted by Crippen LogP contribution is 2.26. The predicted molar refractivity (Wildman–Crippen MR) is 72.6 cm³/mol. The molecule has 3 N–H and O–H groups in total. The maximum atomic E-state index is 12.1. The fourth-order valence-corrected chi connectivity index (χ4v) is 2.24. The zero-order valence-electron chi connectivity index (χ0n) is 11.1. The molecule has 0 radical (unpaired) electrons. The fourth-order valence-electron chi connectivity index (χ4n) is 2.24. The second kappa shape index (κ2) is 6.43. The normalized spacial score (nSPS) is 19.5. The first-order valence-corrected chi connectivity index (χ1v) is 6.59. The third-order valence-electron chi connectivity index (χ3n) is 3.32. The SMILES string of the molecule is COc1ccc(C(=O)NC2CCCCNC2)cc1O. The van der Waals surface area contributed by atoms with E-state index in [-0.39, 0.29) is 17.7 Å². The van der Waals surface area contributed by atoms with E-state index in [1.165, 1.54) is 13.2 Å². The lowest BCUT2D eigenvalue weighted by Gasteiger charge is -2.16. The Hall–Kier alpha value is -1.75. The number of rotatable bonds is 3. The Labute approximate surface area is 113 Å². The number of carbonyl (C=O) groups excluding carboxylic acids is 1. The molecule has 1 amide bonds. The number of carbonyl (C=O) groups is 1. The minimum absolute atomic E-state index is 0.0193. The van der Waals surface area contributed by atoms with Gasteiger partial charge in [0.25, 0.3) is 5.91 Å². The Bertz CT molecular complexity index is 440. The van der Waals surface area contributed by atoms with E-state index in [1.54, 1.807) is 12.1 Å². The van der Waals surface area contributed by atoms with Gasteiger partial charge in [0, 0.05) is 18.2 Å². The highest BCUT2D eigenvalue weighted by Gasteiger charge is 2.16. The highest BCUT2D eigenvalue weighted by atomic mass is 16.5. The molecule has 1 aromatic rings. The maximum absolute atomic E-state index is 12.1. The van der Waals surface area contributed by atoms with Crippen molar-refractivity contribution in [3.8, 4) is 11.5 Å². The van der Waals surface area contributed by atoms with Crippen LogP contribution in [0, 0.1) is 0 Å². The van der Waals surface area contributed by atoms with Crippen LogP contribution in [-0.2, 0) is 0 Å². The number of benzene rings is 1. The quantitative estimate of drug-likeness (QED) is 0.769. The van der Waals surface area contributed by atoms with Crippen LogP contribution in [0.1, 0.15) is 29.6 Å². The molecule has 0 spiro atoms. The molecule has 1 atom stereocenters. The van der Waals surface area contributed by atoms with Crippen molar-refractivity contribution in [1.82, 2.24) is 10.6 Å². The second-order valence-corrected chi connectivity index (χ2v) is 4.76. The second-order valence-electron chi connectivity index (χ2n) is 4.76. The van der Waals surface area contributed by atoms with Crippen LogP contribution >= 0.6 is 0 Å². The van der Waals surface area contributed by atoms with E-state index in [4.69, 9.17) is 4.74 Å². The average molecular weight is 264 g/mol. The first-order valence-electron chi connectivity index (χ1n) is 6.59. The summed E-state index contributed by atoms with van der Waals surface area (Å²) < 4.78 is 4.95. The molecular formula is C14H20N2O3. The minimum Gasteiger partial charge on any atom is -0.504 e. The number of hydrogen-bond donors (Lipinski definition) is 3. The van der Waals surface area contributed by atoms with E-state index >= 15 is 0 Å². The van der Waals surface area contributed by atoms with Gasteiger partial charge in [-0.3, -0.25) is 4.79 Å². The Morgan fingerprint density at radius 1 is 1.47 bits per heavy atom.